The number of hydrogen-bond donors (Lipinski definition) is 1. The first-order valence-electron chi connectivity index (χ1n) is 6.83. The second kappa shape index (κ2) is 4.70. The first-order chi connectivity index (χ1) is 8.66. The summed E-state index contributed by atoms with van der Waals surface area (Å²) in [6, 6.07) is 0.686. The summed E-state index contributed by atoms with van der Waals surface area (Å²) < 4.78 is 4.36. The third kappa shape index (κ3) is 2.21. The summed E-state index contributed by atoms with van der Waals surface area (Å²) in [5.74, 6) is 1.45. The zero-order valence-electron chi connectivity index (χ0n) is 11.2. The number of anilines is 2. The molecule has 1 aromatic heterocycles. The summed E-state index contributed by atoms with van der Waals surface area (Å²) in [7, 11) is 4.42. The minimum absolute atomic E-state index is 0.683. The summed E-state index contributed by atoms with van der Waals surface area (Å²) in [5, 5.41) is 1.30. The molecule has 1 atom stereocenters. The highest BCUT2D eigenvalue weighted by atomic mass is 32.1. The van der Waals surface area contributed by atoms with Crippen molar-refractivity contribution in [1.29, 1.82) is 0 Å². The van der Waals surface area contributed by atoms with Crippen LogP contribution in [-0.4, -0.2) is 42.5 Å². The standard InChI is InChI=1S/C13H22N4S/c1-16-7-3-4-10(16)8-17(2)13-11(9-5-6-9)12(14)15-18-13/h9-10H,3-8H2,1-2H3,(H2,14,15). The molecule has 1 aromatic rings. The van der Waals surface area contributed by atoms with E-state index in [-0.39, 0.29) is 0 Å². The van der Waals surface area contributed by atoms with Crippen LogP contribution in [0.3, 0.4) is 0 Å². The van der Waals surface area contributed by atoms with Crippen LogP contribution in [0, 0.1) is 0 Å². The van der Waals surface area contributed by atoms with Crippen molar-refractivity contribution in [2.75, 3.05) is 37.8 Å². The molecule has 5 heteroatoms. The summed E-state index contributed by atoms with van der Waals surface area (Å²) in [6.45, 7) is 2.33. The van der Waals surface area contributed by atoms with Crippen molar-refractivity contribution in [3.63, 3.8) is 0 Å². The Morgan fingerprint density at radius 1 is 1.44 bits per heavy atom. The molecule has 2 fully saturated rings. The van der Waals surface area contributed by atoms with E-state index < -0.39 is 0 Å². The van der Waals surface area contributed by atoms with Gasteiger partial charge in [0.2, 0.25) is 0 Å². The van der Waals surface area contributed by atoms with Gasteiger partial charge in [-0.2, -0.15) is 4.37 Å². The van der Waals surface area contributed by atoms with Gasteiger partial charge >= 0.3 is 0 Å². The third-order valence-electron chi connectivity index (χ3n) is 4.23. The smallest absolute Gasteiger partial charge is 0.142 e. The highest BCUT2D eigenvalue weighted by Gasteiger charge is 2.32. The maximum atomic E-state index is 6.02. The van der Waals surface area contributed by atoms with Crippen molar-refractivity contribution in [1.82, 2.24) is 9.27 Å². The Kier molecular flexibility index (Phi) is 3.20. The molecule has 0 radical (unpaired) electrons. The summed E-state index contributed by atoms with van der Waals surface area (Å²) in [4.78, 5) is 4.84. The molecule has 4 nitrogen and oxygen atoms in total. The highest BCUT2D eigenvalue weighted by molar-refractivity contribution is 7.10. The summed E-state index contributed by atoms with van der Waals surface area (Å²) in [5.41, 5.74) is 7.34. The monoisotopic (exact) mass is 266 g/mol. The lowest BCUT2D eigenvalue weighted by atomic mass is 10.1. The SMILES string of the molecule is CN(CC1CCCN1C)c1snc(N)c1C1CC1. The van der Waals surface area contributed by atoms with E-state index in [1.807, 2.05) is 0 Å². The molecule has 0 bridgehead atoms. The van der Waals surface area contributed by atoms with Crippen LogP contribution in [0.15, 0.2) is 0 Å². The van der Waals surface area contributed by atoms with Crippen molar-refractivity contribution in [3.8, 4) is 0 Å². The van der Waals surface area contributed by atoms with Crippen molar-refractivity contribution in [2.45, 2.75) is 37.6 Å². The maximum Gasteiger partial charge on any atom is 0.142 e. The van der Waals surface area contributed by atoms with Gasteiger partial charge in [0.05, 0.1) is 0 Å². The fourth-order valence-electron chi connectivity index (χ4n) is 2.94. The fourth-order valence-corrected chi connectivity index (χ4v) is 3.81. The van der Waals surface area contributed by atoms with E-state index in [1.165, 1.54) is 42.8 Å². The molecule has 18 heavy (non-hydrogen) atoms. The molecule has 0 spiro atoms. The topological polar surface area (TPSA) is 45.4 Å². The molecule has 0 aromatic carbocycles. The van der Waals surface area contributed by atoms with Crippen molar-refractivity contribution >= 4 is 22.4 Å². The van der Waals surface area contributed by atoms with E-state index in [1.54, 1.807) is 11.5 Å². The van der Waals surface area contributed by atoms with Crippen LogP contribution in [-0.2, 0) is 0 Å². The second-order valence-electron chi connectivity index (χ2n) is 5.72. The van der Waals surface area contributed by atoms with Gasteiger partial charge in [-0.25, -0.2) is 0 Å². The number of nitrogens with zero attached hydrogens (tertiary/aromatic N) is 3. The molecule has 1 unspecified atom stereocenters. The molecule has 2 N–H and O–H groups in total. The molecular weight excluding hydrogens is 244 g/mol. The predicted molar refractivity (Wildman–Crippen MR) is 77.4 cm³/mol. The zero-order valence-corrected chi connectivity index (χ0v) is 12.0. The Morgan fingerprint density at radius 2 is 2.22 bits per heavy atom. The van der Waals surface area contributed by atoms with Crippen LogP contribution in [0.4, 0.5) is 10.8 Å². The molecular formula is C13H22N4S. The minimum atomic E-state index is 0.683. The quantitative estimate of drug-likeness (QED) is 0.907. The van der Waals surface area contributed by atoms with E-state index in [2.05, 4.69) is 28.3 Å². The lowest BCUT2D eigenvalue weighted by Gasteiger charge is -2.26. The van der Waals surface area contributed by atoms with Crippen LogP contribution in [0.1, 0.15) is 37.2 Å². The Labute approximate surface area is 113 Å². The number of rotatable bonds is 4. The first kappa shape index (κ1) is 12.2. The largest absolute Gasteiger partial charge is 0.383 e. The highest BCUT2D eigenvalue weighted by Crippen LogP contribution is 2.48. The van der Waals surface area contributed by atoms with Crippen molar-refractivity contribution in [3.05, 3.63) is 5.56 Å². The molecule has 1 aliphatic heterocycles. The third-order valence-corrected chi connectivity index (χ3v) is 5.22. The van der Waals surface area contributed by atoms with Crippen molar-refractivity contribution in [2.24, 2.45) is 0 Å². The normalized spacial score (nSPS) is 24.7. The van der Waals surface area contributed by atoms with Gasteiger partial charge in [0.15, 0.2) is 0 Å². The first-order valence-corrected chi connectivity index (χ1v) is 7.60. The molecule has 3 rings (SSSR count). The summed E-state index contributed by atoms with van der Waals surface area (Å²) >= 11 is 1.57. The van der Waals surface area contributed by atoms with Gasteiger partial charge in [-0.3, -0.25) is 0 Å². The molecule has 1 saturated heterocycles. The fraction of sp³-hybridized carbons (Fsp3) is 0.769. The molecule has 2 aliphatic rings. The van der Waals surface area contributed by atoms with E-state index in [0.717, 1.165) is 12.4 Å². The van der Waals surface area contributed by atoms with Crippen LogP contribution in [0.5, 0.6) is 0 Å². The van der Waals surface area contributed by atoms with Crippen LogP contribution < -0.4 is 10.6 Å². The van der Waals surface area contributed by atoms with Gasteiger partial charge in [0.1, 0.15) is 10.8 Å². The molecule has 1 aliphatic carbocycles. The molecule has 0 amide bonds. The van der Waals surface area contributed by atoms with Crippen LogP contribution >= 0.6 is 11.5 Å². The van der Waals surface area contributed by atoms with Gasteiger partial charge in [0.25, 0.3) is 0 Å². The molecule has 100 valence electrons. The Bertz CT molecular complexity index is 427. The maximum absolute atomic E-state index is 6.02. The van der Waals surface area contributed by atoms with E-state index in [0.29, 0.717) is 12.0 Å². The Hall–Kier alpha value is -0.810. The molecule has 2 heterocycles. The lowest BCUT2D eigenvalue weighted by molar-refractivity contribution is 0.314. The van der Waals surface area contributed by atoms with Gasteiger partial charge < -0.3 is 15.5 Å². The molecule has 1 saturated carbocycles. The number of likely N-dealkylation sites (tertiary alicyclic amines) is 1. The minimum Gasteiger partial charge on any atom is -0.383 e. The van der Waals surface area contributed by atoms with Gasteiger partial charge in [-0.05, 0) is 56.7 Å². The number of aromatic nitrogens is 1. The Morgan fingerprint density at radius 3 is 2.83 bits per heavy atom. The van der Waals surface area contributed by atoms with Gasteiger partial charge in [-0.15, -0.1) is 0 Å². The number of nitrogens with two attached hydrogens (primary N) is 1. The van der Waals surface area contributed by atoms with Gasteiger partial charge in [0, 0.05) is 25.2 Å². The average Bonchev–Trinajstić information content (AvgIpc) is 2.99. The predicted octanol–water partition coefficient (Wildman–Crippen LogP) is 2.13. The van der Waals surface area contributed by atoms with E-state index >= 15 is 0 Å². The van der Waals surface area contributed by atoms with E-state index in [9.17, 15) is 0 Å². The summed E-state index contributed by atoms with van der Waals surface area (Å²) in [6.07, 6.45) is 5.21. The number of likely N-dealkylation sites (N-methyl/N-ethyl adjacent to an activating group) is 2. The average molecular weight is 266 g/mol. The number of hydrogen-bond acceptors (Lipinski definition) is 5. The van der Waals surface area contributed by atoms with Crippen LogP contribution in [0.2, 0.25) is 0 Å². The van der Waals surface area contributed by atoms with Crippen LogP contribution in [0.25, 0.3) is 0 Å². The second-order valence-corrected chi connectivity index (χ2v) is 6.47. The zero-order chi connectivity index (χ0) is 12.7. The van der Waals surface area contributed by atoms with E-state index in [4.69, 9.17) is 5.73 Å². The Balaban J connectivity index is 1.73. The lowest BCUT2D eigenvalue weighted by Crippen LogP contribution is -2.36. The number of nitrogen functional groups attached to an aromatic ring is 1. The van der Waals surface area contributed by atoms with Crippen molar-refractivity contribution < 1.29 is 0 Å². The van der Waals surface area contributed by atoms with Gasteiger partial charge in [-0.1, -0.05) is 0 Å².